The summed E-state index contributed by atoms with van der Waals surface area (Å²) >= 11 is 6.04. The van der Waals surface area contributed by atoms with E-state index in [1.54, 1.807) is 0 Å². The number of alkyl halides is 3. The number of carboxylic acid groups (broad SMARTS) is 1. The zero-order valence-electron chi connectivity index (χ0n) is 17.4. The summed E-state index contributed by atoms with van der Waals surface area (Å²) in [5.74, 6) is -2.96. The molecule has 0 amide bonds. The van der Waals surface area contributed by atoms with Crippen LogP contribution < -0.4 is 9.46 Å². The van der Waals surface area contributed by atoms with Gasteiger partial charge in [-0.2, -0.15) is 18.4 Å². The van der Waals surface area contributed by atoms with Gasteiger partial charge in [-0.15, -0.1) is 0 Å². The lowest BCUT2D eigenvalue weighted by atomic mass is 9.82. The Labute approximate surface area is 198 Å². The van der Waals surface area contributed by atoms with Crippen molar-refractivity contribution in [2.24, 2.45) is 5.92 Å². The molecule has 2 N–H and O–H groups in total. The van der Waals surface area contributed by atoms with Gasteiger partial charge in [-0.1, -0.05) is 17.7 Å². The van der Waals surface area contributed by atoms with E-state index < -0.39 is 34.2 Å². The summed E-state index contributed by atoms with van der Waals surface area (Å²) in [7, 11) is -4.35. The van der Waals surface area contributed by atoms with Gasteiger partial charge in [0.1, 0.15) is 17.9 Å². The minimum atomic E-state index is -4.35. The van der Waals surface area contributed by atoms with Crippen molar-refractivity contribution in [1.82, 2.24) is 0 Å². The Hall–Kier alpha value is -2.97. The Morgan fingerprint density at radius 2 is 1.88 bits per heavy atom. The smallest absolute Gasteiger partial charge is 0.392 e. The lowest BCUT2D eigenvalue weighted by Crippen LogP contribution is -2.42. The van der Waals surface area contributed by atoms with E-state index in [-0.39, 0.29) is 51.2 Å². The number of nitriles is 1. The largest absolute Gasteiger partial charge is 0.488 e. The number of nitrogens with one attached hydrogen (secondary N) is 1. The van der Waals surface area contributed by atoms with Gasteiger partial charge in [-0.05, 0) is 55.4 Å². The van der Waals surface area contributed by atoms with Gasteiger partial charge in [-0.25, -0.2) is 13.2 Å². The van der Waals surface area contributed by atoms with E-state index in [4.69, 9.17) is 16.3 Å². The molecule has 0 atom stereocenters. The number of carboxylic acids is 1. The number of hydrogen-bond acceptors (Lipinski definition) is 5. The lowest BCUT2D eigenvalue weighted by Gasteiger charge is -2.36. The Balaban J connectivity index is 1.67. The molecule has 34 heavy (non-hydrogen) atoms. The van der Waals surface area contributed by atoms with Crippen molar-refractivity contribution in [3.63, 3.8) is 0 Å². The van der Waals surface area contributed by atoms with Crippen LogP contribution in [0.3, 0.4) is 0 Å². The van der Waals surface area contributed by atoms with Crippen molar-refractivity contribution >= 4 is 33.3 Å². The predicted octanol–water partition coefficient (Wildman–Crippen LogP) is 5.31. The highest BCUT2D eigenvalue weighted by molar-refractivity contribution is 7.92. The number of hydrogen-bond donors (Lipinski definition) is 2. The van der Waals surface area contributed by atoms with Gasteiger partial charge in [0.2, 0.25) is 0 Å². The summed E-state index contributed by atoms with van der Waals surface area (Å²) in [5.41, 5.74) is -0.0155. The molecule has 2 aliphatic rings. The van der Waals surface area contributed by atoms with Gasteiger partial charge < -0.3 is 9.84 Å². The maximum atomic E-state index is 13.3. The summed E-state index contributed by atoms with van der Waals surface area (Å²) in [5, 5.41) is 18.5. The zero-order valence-corrected chi connectivity index (χ0v) is 19.0. The molecule has 2 aromatic rings. The number of nitrogens with zero attached hydrogens (tertiary/aromatic N) is 1. The first kappa shape index (κ1) is 24.2. The summed E-state index contributed by atoms with van der Waals surface area (Å²) in [4.78, 5) is 11.2. The normalized spacial score (nSPS) is 20.2. The quantitative estimate of drug-likeness (QED) is 0.517. The van der Waals surface area contributed by atoms with Crippen LogP contribution in [0, 0.1) is 17.2 Å². The van der Waals surface area contributed by atoms with E-state index in [2.05, 4.69) is 4.72 Å². The lowest BCUT2D eigenvalue weighted by molar-refractivity contribution is -0.210. The van der Waals surface area contributed by atoms with Gasteiger partial charge in [0.15, 0.2) is 0 Å². The van der Waals surface area contributed by atoms with E-state index in [0.717, 1.165) is 25.0 Å². The number of anilines is 1. The number of benzene rings is 2. The Morgan fingerprint density at radius 1 is 1.21 bits per heavy atom. The molecule has 7 nitrogen and oxygen atoms in total. The number of ether oxygens (including phenoxy) is 1. The molecule has 0 bridgehead atoms. The highest BCUT2D eigenvalue weighted by Gasteiger charge is 2.49. The van der Waals surface area contributed by atoms with E-state index in [1.807, 2.05) is 6.07 Å². The summed E-state index contributed by atoms with van der Waals surface area (Å²) < 4.78 is 73.0. The average Bonchev–Trinajstić information content (AvgIpc) is 3.55. The van der Waals surface area contributed by atoms with E-state index in [9.17, 15) is 36.8 Å². The average molecular weight is 515 g/mol. The van der Waals surface area contributed by atoms with Crippen molar-refractivity contribution in [3.8, 4) is 11.8 Å². The van der Waals surface area contributed by atoms with Crippen molar-refractivity contribution in [2.75, 3.05) is 4.72 Å². The first-order valence-corrected chi connectivity index (χ1v) is 12.1. The molecule has 2 fully saturated rings. The van der Waals surface area contributed by atoms with Crippen LogP contribution in [0.15, 0.2) is 35.2 Å². The van der Waals surface area contributed by atoms with Crippen molar-refractivity contribution in [2.45, 2.75) is 48.8 Å². The molecule has 0 aliphatic heterocycles. The van der Waals surface area contributed by atoms with Crippen LogP contribution in [0.4, 0.5) is 18.9 Å². The maximum Gasteiger partial charge on any atom is 0.392 e. The molecule has 4 rings (SSSR count). The monoisotopic (exact) mass is 514 g/mol. The first-order valence-electron chi connectivity index (χ1n) is 10.3. The maximum absolute atomic E-state index is 13.3. The first-order chi connectivity index (χ1) is 15.9. The molecule has 2 saturated carbocycles. The van der Waals surface area contributed by atoms with Crippen LogP contribution in [-0.2, 0) is 10.0 Å². The second kappa shape index (κ2) is 8.67. The third kappa shape index (κ3) is 4.93. The molecular weight excluding hydrogens is 497 g/mol. The number of rotatable bonds is 7. The SMILES string of the molecule is N#Cc1cc(NS(=O)(=O)c2cc(C(=O)O)ccc2C2CC2)c(O[C@H]2C[C@H](C(F)(F)F)C2)cc1Cl. The predicted molar refractivity (Wildman–Crippen MR) is 116 cm³/mol. The van der Waals surface area contributed by atoms with Crippen molar-refractivity contribution in [1.29, 1.82) is 5.26 Å². The van der Waals surface area contributed by atoms with Gasteiger partial charge >= 0.3 is 12.1 Å². The molecule has 2 aromatic carbocycles. The molecule has 0 aromatic heterocycles. The van der Waals surface area contributed by atoms with Crippen LogP contribution in [0.5, 0.6) is 5.75 Å². The summed E-state index contributed by atoms with van der Waals surface area (Å²) in [6.45, 7) is 0. The fraction of sp³-hybridized carbons (Fsp3) is 0.364. The fourth-order valence-electron chi connectivity index (χ4n) is 3.76. The standard InChI is InChI=1S/C22H18ClF3N2O5S/c23-17-9-19(33-15-7-14(8-15)22(24,25)26)18(5-13(17)10-27)28-34(31,32)20-6-12(21(29)30)3-4-16(20)11-1-2-11/h3-6,9,11,14-15,28H,1-2,7-8H2,(H,29,30)/t14-,15-. The van der Waals surface area contributed by atoms with Gasteiger partial charge in [-0.3, -0.25) is 4.72 Å². The Bertz CT molecular complexity index is 1300. The van der Waals surface area contributed by atoms with E-state index in [0.29, 0.717) is 5.56 Å². The number of sulfonamides is 1. The molecule has 0 spiro atoms. The molecule has 0 unspecified atom stereocenters. The Morgan fingerprint density at radius 3 is 2.44 bits per heavy atom. The Kier molecular flexibility index (Phi) is 6.16. The van der Waals surface area contributed by atoms with E-state index in [1.165, 1.54) is 18.2 Å². The minimum absolute atomic E-state index is 0.0284. The molecule has 2 aliphatic carbocycles. The van der Waals surface area contributed by atoms with Crippen molar-refractivity contribution in [3.05, 3.63) is 52.0 Å². The summed E-state index contributed by atoms with van der Waals surface area (Å²) in [6.07, 6.45) is -4.23. The van der Waals surface area contributed by atoms with Gasteiger partial charge in [0, 0.05) is 6.07 Å². The molecule has 0 saturated heterocycles. The second-order valence-corrected chi connectivity index (χ2v) is 10.4. The van der Waals surface area contributed by atoms with Gasteiger partial charge in [0.05, 0.1) is 32.7 Å². The molecule has 12 heteroatoms. The van der Waals surface area contributed by atoms with Crippen LogP contribution in [0.1, 0.15) is 53.1 Å². The zero-order chi connectivity index (χ0) is 24.8. The van der Waals surface area contributed by atoms with Crippen molar-refractivity contribution < 1.29 is 36.2 Å². The topological polar surface area (TPSA) is 116 Å². The van der Waals surface area contributed by atoms with Crippen LogP contribution in [0.25, 0.3) is 0 Å². The van der Waals surface area contributed by atoms with E-state index >= 15 is 0 Å². The number of aromatic carboxylic acids is 1. The highest BCUT2D eigenvalue weighted by Crippen LogP contribution is 2.46. The minimum Gasteiger partial charge on any atom is -0.488 e. The second-order valence-electron chi connectivity index (χ2n) is 8.33. The third-order valence-corrected chi connectivity index (χ3v) is 7.59. The molecule has 0 radical (unpaired) electrons. The van der Waals surface area contributed by atoms with Gasteiger partial charge in [0.25, 0.3) is 10.0 Å². The molecule has 180 valence electrons. The third-order valence-electron chi connectivity index (χ3n) is 5.85. The highest BCUT2D eigenvalue weighted by atomic mass is 35.5. The fourth-order valence-corrected chi connectivity index (χ4v) is 5.34. The summed E-state index contributed by atoms with van der Waals surface area (Å²) in [6, 6.07) is 7.96. The number of carbonyl (C=O) groups is 1. The number of halogens is 4. The molecular formula is C22H18ClF3N2O5S. The van der Waals surface area contributed by atoms with Crippen LogP contribution in [-0.4, -0.2) is 31.8 Å². The molecule has 0 heterocycles. The van der Waals surface area contributed by atoms with Crippen LogP contribution >= 0.6 is 11.6 Å². The van der Waals surface area contributed by atoms with Crippen LogP contribution in [0.2, 0.25) is 5.02 Å².